The highest BCUT2D eigenvalue weighted by molar-refractivity contribution is 5.97. The van der Waals surface area contributed by atoms with Crippen LogP contribution in [0.25, 0.3) is 21.9 Å². The summed E-state index contributed by atoms with van der Waals surface area (Å²) >= 11 is 0. The monoisotopic (exact) mass is 612 g/mol. The molecule has 2 aromatic carbocycles. The molecule has 0 amide bonds. The number of benzene rings is 2. The highest BCUT2D eigenvalue weighted by atomic mass is 16.5. The first kappa shape index (κ1) is 35.5. The van der Waals surface area contributed by atoms with Crippen molar-refractivity contribution in [3.8, 4) is 23.0 Å². The molecule has 1 heterocycles. The summed E-state index contributed by atoms with van der Waals surface area (Å²) in [5, 5.41) is 12.3. The molecule has 0 bridgehead atoms. The summed E-state index contributed by atoms with van der Waals surface area (Å²) in [6, 6.07) is 3.56. The Bertz CT molecular complexity index is 1410. The molecular formula is C36H56N2O6. The van der Waals surface area contributed by atoms with Crippen molar-refractivity contribution in [3.05, 3.63) is 33.5 Å². The normalized spacial score (nSPS) is 12.0. The molecule has 0 saturated heterocycles. The number of rotatable bonds is 19. The van der Waals surface area contributed by atoms with E-state index in [1.54, 1.807) is 19.2 Å². The molecule has 1 N–H and O–H groups in total. The highest BCUT2D eigenvalue weighted by Gasteiger charge is 2.25. The van der Waals surface area contributed by atoms with E-state index >= 15 is 0 Å². The van der Waals surface area contributed by atoms with Crippen LogP contribution in [0, 0.1) is 11.8 Å². The van der Waals surface area contributed by atoms with Crippen molar-refractivity contribution in [1.29, 1.82) is 0 Å². The van der Waals surface area contributed by atoms with Crippen molar-refractivity contribution in [2.75, 3.05) is 61.6 Å². The van der Waals surface area contributed by atoms with E-state index in [9.17, 15) is 9.90 Å². The lowest BCUT2D eigenvalue weighted by molar-refractivity contribution is 0.276. The second kappa shape index (κ2) is 16.9. The van der Waals surface area contributed by atoms with Gasteiger partial charge in [0.05, 0.1) is 25.7 Å². The van der Waals surface area contributed by atoms with Crippen molar-refractivity contribution in [2.24, 2.45) is 11.8 Å². The van der Waals surface area contributed by atoms with Crippen LogP contribution < -0.4 is 19.6 Å². The van der Waals surface area contributed by atoms with Gasteiger partial charge in [0.25, 0.3) is 0 Å². The molecule has 1 aromatic heterocycles. The van der Waals surface area contributed by atoms with Gasteiger partial charge in [-0.2, -0.15) is 0 Å². The molecule has 0 fully saturated rings. The Morgan fingerprint density at radius 1 is 0.750 bits per heavy atom. The number of ether oxygens (including phenoxy) is 3. The van der Waals surface area contributed by atoms with Crippen molar-refractivity contribution in [3.63, 3.8) is 0 Å². The van der Waals surface area contributed by atoms with Crippen LogP contribution in [0.2, 0.25) is 0 Å². The van der Waals surface area contributed by atoms with E-state index in [4.69, 9.17) is 18.6 Å². The molecule has 3 rings (SSSR count). The predicted molar refractivity (Wildman–Crippen MR) is 181 cm³/mol. The molecule has 0 aliphatic rings. The van der Waals surface area contributed by atoms with Crippen LogP contribution in [0.1, 0.15) is 77.3 Å². The number of hydrogen-bond donors (Lipinski definition) is 1. The van der Waals surface area contributed by atoms with Crippen molar-refractivity contribution >= 4 is 21.9 Å². The van der Waals surface area contributed by atoms with Gasteiger partial charge in [0.2, 0.25) is 5.43 Å². The lowest BCUT2D eigenvalue weighted by Gasteiger charge is -2.19. The molecule has 3 aromatic rings. The summed E-state index contributed by atoms with van der Waals surface area (Å²) in [4.78, 5) is 18.6. The minimum Gasteiger partial charge on any atom is -0.507 e. The van der Waals surface area contributed by atoms with Gasteiger partial charge in [-0.1, -0.05) is 27.7 Å². The van der Waals surface area contributed by atoms with Crippen molar-refractivity contribution in [2.45, 2.75) is 79.1 Å². The lowest BCUT2D eigenvalue weighted by atomic mass is 9.95. The van der Waals surface area contributed by atoms with Gasteiger partial charge in [-0.25, -0.2) is 0 Å². The van der Waals surface area contributed by atoms with Gasteiger partial charge in [-0.3, -0.25) is 4.79 Å². The minimum absolute atomic E-state index is 0.0444. The molecule has 0 atom stereocenters. The van der Waals surface area contributed by atoms with Gasteiger partial charge in [0.15, 0.2) is 11.5 Å². The quantitative estimate of drug-likeness (QED) is 0.112. The lowest BCUT2D eigenvalue weighted by Crippen LogP contribution is -2.14. The molecule has 8 nitrogen and oxygen atoms in total. The SMILES string of the molecule is COc1c(OCCCCN(C)C)cc2oc3cc(OCCCCN(C)C)c(CCC(C)C)c(O)c3c(=O)c2c1CCC(C)C. The Morgan fingerprint density at radius 2 is 1.25 bits per heavy atom. The molecule has 0 aliphatic heterocycles. The molecule has 8 heteroatoms. The van der Waals surface area contributed by atoms with Crippen LogP contribution in [0.3, 0.4) is 0 Å². The zero-order chi connectivity index (χ0) is 32.4. The molecule has 0 aliphatic carbocycles. The van der Waals surface area contributed by atoms with Gasteiger partial charge < -0.3 is 33.5 Å². The topological polar surface area (TPSA) is 84.6 Å². The van der Waals surface area contributed by atoms with Crippen molar-refractivity contribution in [1.82, 2.24) is 9.80 Å². The van der Waals surface area contributed by atoms with E-state index in [0.717, 1.165) is 57.2 Å². The largest absolute Gasteiger partial charge is 0.507 e. The molecule has 0 radical (unpaired) electrons. The molecule has 0 unspecified atom stereocenters. The van der Waals surface area contributed by atoms with E-state index < -0.39 is 0 Å². The highest BCUT2D eigenvalue weighted by Crippen LogP contribution is 2.42. The zero-order valence-electron chi connectivity index (χ0n) is 28.7. The molecule has 0 saturated carbocycles. The van der Waals surface area contributed by atoms with Gasteiger partial charge in [0.1, 0.15) is 28.1 Å². The number of unbranched alkanes of at least 4 members (excludes halogenated alkanes) is 2. The summed E-state index contributed by atoms with van der Waals surface area (Å²) in [7, 11) is 9.86. The van der Waals surface area contributed by atoms with Gasteiger partial charge in [0, 0.05) is 23.3 Å². The zero-order valence-corrected chi connectivity index (χ0v) is 28.7. The first-order chi connectivity index (χ1) is 20.9. The van der Waals surface area contributed by atoms with Crippen molar-refractivity contribution < 1.29 is 23.7 Å². The third-order valence-corrected chi connectivity index (χ3v) is 7.97. The number of methoxy groups -OCH3 is 1. The maximum atomic E-state index is 14.3. The standard InChI is InChI=1S/C36H56N2O6/c1-24(2)14-16-26-28(42-20-12-10-18-37(5)6)22-30-33(34(26)39)35(40)32-27(17-15-25(3)4)36(41-9)31(23-29(32)44-30)43-21-13-11-19-38(7)8/h22-25,39H,10-21H2,1-9H3. The summed E-state index contributed by atoms with van der Waals surface area (Å²) in [6.07, 6.45) is 6.75. The third kappa shape index (κ3) is 9.51. The summed E-state index contributed by atoms with van der Waals surface area (Å²) in [5.41, 5.74) is 1.92. The summed E-state index contributed by atoms with van der Waals surface area (Å²) in [5.74, 6) is 2.52. The second-order valence-electron chi connectivity index (χ2n) is 13.3. The molecule has 0 spiro atoms. The van der Waals surface area contributed by atoms with Crippen LogP contribution >= 0.6 is 0 Å². The average Bonchev–Trinajstić information content (AvgIpc) is 2.94. The number of nitrogens with zero attached hydrogens (tertiary/aromatic N) is 2. The Kier molecular flexibility index (Phi) is 13.7. The van der Waals surface area contributed by atoms with Gasteiger partial charge in [-0.15, -0.1) is 0 Å². The fourth-order valence-electron chi connectivity index (χ4n) is 5.43. The van der Waals surface area contributed by atoms with Crippen LogP contribution in [0.4, 0.5) is 0 Å². The smallest absolute Gasteiger partial charge is 0.204 e. The number of hydrogen-bond acceptors (Lipinski definition) is 8. The van der Waals surface area contributed by atoms with E-state index in [1.807, 2.05) is 0 Å². The number of phenolic OH excluding ortho intramolecular Hbond substituents is 1. The Hall–Kier alpha value is -2.97. The summed E-state index contributed by atoms with van der Waals surface area (Å²) in [6.45, 7) is 11.6. The number of fused-ring (bicyclic) bond motifs is 2. The fourth-order valence-corrected chi connectivity index (χ4v) is 5.43. The predicted octanol–water partition coefficient (Wildman–Crippen LogP) is 7.28. The average molecular weight is 613 g/mol. The Morgan fingerprint density at radius 3 is 1.77 bits per heavy atom. The van der Waals surface area contributed by atoms with Gasteiger partial charge >= 0.3 is 0 Å². The Labute approximate surface area is 264 Å². The third-order valence-electron chi connectivity index (χ3n) is 7.97. The van der Waals surface area contributed by atoms with E-state index in [0.29, 0.717) is 77.3 Å². The second-order valence-corrected chi connectivity index (χ2v) is 13.3. The fraction of sp³-hybridized carbons (Fsp3) is 0.639. The maximum absolute atomic E-state index is 14.3. The number of aromatic hydroxyl groups is 1. The molecular weight excluding hydrogens is 556 g/mol. The number of phenols is 1. The van der Waals surface area contributed by atoms with Crippen LogP contribution in [-0.4, -0.2) is 76.5 Å². The maximum Gasteiger partial charge on any atom is 0.204 e. The first-order valence-corrected chi connectivity index (χ1v) is 16.3. The van der Waals surface area contributed by atoms with Crippen LogP contribution in [0.15, 0.2) is 21.3 Å². The molecule has 246 valence electrons. The Balaban J connectivity index is 2.16. The van der Waals surface area contributed by atoms with Crippen LogP contribution in [0.5, 0.6) is 23.0 Å². The van der Waals surface area contributed by atoms with E-state index in [2.05, 4.69) is 65.7 Å². The molecule has 44 heavy (non-hydrogen) atoms. The van der Waals surface area contributed by atoms with E-state index in [1.165, 1.54) is 0 Å². The summed E-state index contributed by atoms with van der Waals surface area (Å²) < 4.78 is 24.8. The minimum atomic E-state index is -0.253. The van der Waals surface area contributed by atoms with E-state index in [-0.39, 0.29) is 16.6 Å². The van der Waals surface area contributed by atoms with Gasteiger partial charge in [-0.05, 0) is 104 Å². The first-order valence-electron chi connectivity index (χ1n) is 16.3. The number of aryl methyl sites for hydroxylation is 1. The van der Waals surface area contributed by atoms with Crippen LogP contribution in [-0.2, 0) is 12.8 Å².